The second-order valence-corrected chi connectivity index (χ2v) is 5.95. The summed E-state index contributed by atoms with van der Waals surface area (Å²) in [5.74, 6) is 2.09. The van der Waals surface area contributed by atoms with Crippen LogP contribution in [0.2, 0.25) is 0 Å². The Bertz CT molecular complexity index is 632. The zero-order valence-corrected chi connectivity index (χ0v) is 16.4. The van der Waals surface area contributed by atoms with E-state index in [1.54, 1.807) is 18.9 Å². The third-order valence-corrected chi connectivity index (χ3v) is 4.00. The molecule has 0 atom stereocenters. The fourth-order valence-corrected chi connectivity index (χ4v) is 2.60. The number of methoxy groups -OCH3 is 1. The highest BCUT2D eigenvalue weighted by Gasteiger charge is 1.98. The lowest BCUT2D eigenvalue weighted by molar-refractivity contribution is 0.415. The van der Waals surface area contributed by atoms with Crippen molar-refractivity contribution < 1.29 is 4.74 Å². The van der Waals surface area contributed by atoms with Crippen LogP contribution in [0.1, 0.15) is 5.56 Å². The second-order valence-electron chi connectivity index (χ2n) is 4.79. The van der Waals surface area contributed by atoms with E-state index in [2.05, 4.69) is 41.5 Å². The molecule has 3 N–H and O–H groups in total. The molecule has 2 aromatic carbocycles. The Morgan fingerprint density at radius 2 is 1.96 bits per heavy atom. The molecule has 0 saturated heterocycles. The van der Waals surface area contributed by atoms with Crippen molar-refractivity contribution in [2.24, 2.45) is 10.7 Å². The first-order chi connectivity index (χ1) is 10.7. The predicted molar refractivity (Wildman–Crippen MR) is 110 cm³/mol. The van der Waals surface area contributed by atoms with E-state index in [9.17, 15) is 0 Å². The number of nitrogens with one attached hydrogen (secondary N) is 1. The minimum Gasteiger partial charge on any atom is -0.497 e. The van der Waals surface area contributed by atoms with Crippen LogP contribution in [0.25, 0.3) is 0 Å². The van der Waals surface area contributed by atoms with Crippen LogP contribution in [-0.4, -0.2) is 25.4 Å². The summed E-state index contributed by atoms with van der Waals surface area (Å²) in [5.41, 5.74) is 8.03. The molecule has 0 unspecified atom stereocenters. The molecule has 0 bridgehead atoms. The molecule has 124 valence electrons. The lowest BCUT2D eigenvalue weighted by atomic mass is 10.2. The van der Waals surface area contributed by atoms with E-state index in [-0.39, 0.29) is 24.0 Å². The molecule has 0 heterocycles. The first-order valence-corrected chi connectivity index (χ1v) is 8.06. The summed E-state index contributed by atoms with van der Waals surface area (Å²) in [5, 5.41) is 3.06. The van der Waals surface area contributed by atoms with E-state index in [0.29, 0.717) is 12.5 Å². The largest absolute Gasteiger partial charge is 0.497 e. The molecule has 0 radical (unpaired) electrons. The van der Waals surface area contributed by atoms with Crippen LogP contribution >= 0.6 is 35.7 Å². The average Bonchev–Trinajstić information content (AvgIpc) is 2.53. The number of hydrogen-bond donors (Lipinski definition) is 2. The fourth-order valence-electron chi connectivity index (χ4n) is 1.85. The van der Waals surface area contributed by atoms with Crippen LogP contribution in [0, 0.1) is 6.92 Å². The number of nitrogens with zero attached hydrogens (tertiary/aromatic N) is 1. The number of aliphatic imine (C=N–C) groups is 1. The monoisotopic (exact) mass is 443 g/mol. The highest BCUT2D eigenvalue weighted by molar-refractivity contribution is 14.0. The molecule has 0 aliphatic heterocycles. The summed E-state index contributed by atoms with van der Waals surface area (Å²) in [7, 11) is 1.64. The Hall–Kier alpha value is -1.41. The zero-order valence-electron chi connectivity index (χ0n) is 13.3. The third kappa shape index (κ3) is 7.13. The van der Waals surface area contributed by atoms with Gasteiger partial charge in [0.15, 0.2) is 5.96 Å². The van der Waals surface area contributed by atoms with Gasteiger partial charge in [-0.05, 0) is 31.2 Å². The normalized spacial score (nSPS) is 10.8. The number of ether oxygens (including phenoxy) is 1. The summed E-state index contributed by atoms with van der Waals surface area (Å²) >= 11 is 1.77. The van der Waals surface area contributed by atoms with Crippen molar-refractivity contribution in [1.29, 1.82) is 0 Å². The van der Waals surface area contributed by atoms with Gasteiger partial charge in [-0.1, -0.05) is 23.8 Å². The van der Waals surface area contributed by atoms with Crippen molar-refractivity contribution in [2.45, 2.75) is 11.8 Å². The topological polar surface area (TPSA) is 59.6 Å². The number of aryl methyl sites for hydroxylation is 1. The molecule has 0 amide bonds. The Labute approximate surface area is 158 Å². The molecule has 0 aliphatic rings. The number of guanidine groups is 1. The van der Waals surface area contributed by atoms with Crippen molar-refractivity contribution in [2.75, 3.05) is 24.7 Å². The van der Waals surface area contributed by atoms with Gasteiger partial charge in [0.05, 0.1) is 13.7 Å². The molecular weight excluding hydrogens is 421 g/mol. The number of benzene rings is 2. The predicted octanol–water partition coefficient (Wildman–Crippen LogP) is 4.14. The van der Waals surface area contributed by atoms with Crippen molar-refractivity contribution >= 4 is 47.4 Å². The smallest absolute Gasteiger partial charge is 0.193 e. The molecule has 0 saturated carbocycles. The maximum absolute atomic E-state index is 5.89. The van der Waals surface area contributed by atoms with Gasteiger partial charge in [0.2, 0.25) is 0 Å². The van der Waals surface area contributed by atoms with Gasteiger partial charge in [0, 0.05) is 22.4 Å². The van der Waals surface area contributed by atoms with Crippen LogP contribution in [0.4, 0.5) is 5.69 Å². The molecule has 4 nitrogen and oxygen atoms in total. The second kappa shape index (κ2) is 10.4. The van der Waals surface area contributed by atoms with E-state index in [1.165, 1.54) is 10.5 Å². The molecule has 2 aromatic rings. The van der Waals surface area contributed by atoms with Crippen LogP contribution < -0.4 is 15.8 Å². The van der Waals surface area contributed by atoms with Gasteiger partial charge in [-0.2, -0.15) is 0 Å². The zero-order chi connectivity index (χ0) is 15.8. The Kier molecular flexibility index (Phi) is 8.86. The van der Waals surface area contributed by atoms with Gasteiger partial charge in [-0.25, -0.2) is 0 Å². The molecule has 0 spiro atoms. The van der Waals surface area contributed by atoms with Gasteiger partial charge in [0.25, 0.3) is 0 Å². The van der Waals surface area contributed by atoms with Gasteiger partial charge in [0.1, 0.15) is 5.75 Å². The summed E-state index contributed by atoms with van der Waals surface area (Å²) < 4.78 is 5.17. The highest BCUT2D eigenvalue weighted by atomic mass is 127. The molecule has 23 heavy (non-hydrogen) atoms. The molecule has 2 rings (SSSR count). The van der Waals surface area contributed by atoms with Crippen LogP contribution in [0.3, 0.4) is 0 Å². The lowest BCUT2D eigenvalue weighted by Crippen LogP contribution is -2.23. The standard InChI is InChI=1S/C17H21N3OS.HI/c1-13-6-8-16(9-7-13)22-11-10-19-17(18)20-14-4-3-5-15(12-14)21-2;/h3-9,12H,10-11H2,1-2H3,(H3,18,19,20);1H. The average molecular weight is 443 g/mol. The maximum Gasteiger partial charge on any atom is 0.193 e. The van der Waals surface area contributed by atoms with Gasteiger partial charge >= 0.3 is 0 Å². The van der Waals surface area contributed by atoms with Gasteiger partial charge < -0.3 is 15.8 Å². The lowest BCUT2D eigenvalue weighted by Gasteiger charge is -2.07. The van der Waals surface area contributed by atoms with Crippen LogP contribution in [-0.2, 0) is 0 Å². The molecule has 0 fully saturated rings. The Morgan fingerprint density at radius 1 is 1.22 bits per heavy atom. The van der Waals surface area contributed by atoms with Crippen molar-refractivity contribution in [3.63, 3.8) is 0 Å². The van der Waals surface area contributed by atoms with Crippen molar-refractivity contribution in [3.8, 4) is 5.75 Å². The minimum absolute atomic E-state index is 0. The number of hydrogen-bond acceptors (Lipinski definition) is 3. The van der Waals surface area contributed by atoms with E-state index >= 15 is 0 Å². The van der Waals surface area contributed by atoms with Crippen molar-refractivity contribution in [3.05, 3.63) is 54.1 Å². The Morgan fingerprint density at radius 3 is 2.65 bits per heavy atom. The molecular formula is C17H22IN3OS. The van der Waals surface area contributed by atoms with Crippen molar-refractivity contribution in [1.82, 2.24) is 0 Å². The summed E-state index contributed by atoms with van der Waals surface area (Å²) in [6.07, 6.45) is 0. The fraction of sp³-hybridized carbons (Fsp3) is 0.235. The Balaban J connectivity index is 0.00000264. The summed E-state index contributed by atoms with van der Waals surface area (Å²) in [4.78, 5) is 5.58. The van der Waals surface area contributed by atoms with Crippen LogP contribution in [0.15, 0.2) is 58.4 Å². The minimum atomic E-state index is 0. The number of halogens is 1. The van der Waals surface area contributed by atoms with Crippen LogP contribution in [0.5, 0.6) is 5.75 Å². The third-order valence-electron chi connectivity index (χ3n) is 3.01. The number of rotatable bonds is 6. The number of thioether (sulfide) groups is 1. The van der Waals surface area contributed by atoms with E-state index in [4.69, 9.17) is 10.5 Å². The van der Waals surface area contributed by atoms with Gasteiger partial charge in [-0.3, -0.25) is 4.99 Å². The SMILES string of the molecule is COc1cccc(NC(N)=NCCSc2ccc(C)cc2)c1.I. The number of anilines is 1. The maximum atomic E-state index is 5.89. The quantitative estimate of drug-likeness (QED) is 0.232. The first-order valence-electron chi connectivity index (χ1n) is 7.08. The van der Waals surface area contributed by atoms with E-state index in [0.717, 1.165) is 17.2 Å². The molecule has 0 aromatic heterocycles. The van der Waals surface area contributed by atoms with Gasteiger partial charge in [-0.15, -0.1) is 35.7 Å². The molecule has 6 heteroatoms. The number of nitrogens with two attached hydrogens (primary N) is 1. The first kappa shape index (κ1) is 19.6. The summed E-state index contributed by atoms with van der Waals surface area (Å²) in [6.45, 7) is 2.75. The highest BCUT2D eigenvalue weighted by Crippen LogP contribution is 2.18. The molecule has 0 aliphatic carbocycles. The van der Waals surface area contributed by atoms with E-state index in [1.807, 2.05) is 24.3 Å². The summed E-state index contributed by atoms with van der Waals surface area (Å²) in [6, 6.07) is 16.1. The van der Waals surface area contributed by atoms with E-state index < -0.39 is 0 Å².